The molecule has 7 heteroatoms. The van der Waals surface area contributed by atoms with E-state index in [1.54, 1.807) is 6.07 Å². The second kappa shape index (κ2) is 7.03. The molecular weight excluding hydrogens is 262 g/mol. The van der Waals surface area contributed by atoms with Crippen molar-refractivity contribution in [2.75, 3.05) is 7.05 Å². The maximum Gasteiger partial charge on any atom is 0.328 e. The van der Waals surface area contributed by atoms with Crippen molar-refractivity contribution < 1.29 is 19.5 Å². The van der Waals surface area contributed by atoms with E-state index in [9.17, 15) is 14.4 Å². The Morgan fingerprint density at radius 2 is 2.05 bits per heavy atom. The first kappa shape index (κ1) is 15.4. The Morgan fingerprint density at radius 3 is 2.65 bits per heavy atom. The number of aryl methyl sites for hydroxylation is 1. The molecule has 0 aliphatic rings. The summed E-state index contributed by atoms with van der Waals surface area (Å²) in [5.41, 5.74) is 1.52. The van der Waals surface area contributed by atoms with Crippen LogP contribution in [0.3, 0.4) is 0 Å². The van der Waals surface area contributed by atoms with Crippen molar-refractivity contribution >= 4 is 17.9 Å². The van der Waals surface area contributed by atoms with Gasteiger partial charge in [-0.2, -0.15) is 0 Å². The predicted molar refractivity (Wildman–Crippen MR) is 70.8 cm³/mol. The van der Waals surface area contributed by atoms with Crippen molar-refractivity contribution in [3.63, 3.8) is 0 Å². The summed E-state index contributed by atoms with van der Waals surface area (Å²) in [6.45, 7) is 2.08. The van der Waals surface area contributed by atoms with Crippen molar-refractivity contribution in [1.29, 1.82) is 0 Å². The minimum Gasteiger partial charge on any atom is -0.478 e. The summed E-state index contributed by atoms with van der Waals surface area (Å²) < 4.78 is 0. The average Bonchev–Trinajstić information content (AvgIpc) is 2.36. The number of pyridine rings is 1. The third-order valence-electron chi connectivity index (χ3n) is 2.30. The van der Waals surface area contributed by atoms with E-state index in [4.69, 9.17) is 5.11 Å². The molecule has 1 aromatic heterocycles. The number of hydrogen-bond acceptors (Lipinski definition) is 4. The number of amides is 3. The Bertz CT molecular complexity index is 554. The van der Waals surface area contributed by atoms with Gasteiger partial charge < -0.3 is 10.0 Å². The standard InChI is InChI=1S/C13H15N3O4/c1-9-4-3-5-10(14-9)8-16(2)13(20)15-11(17)6-7-12(18)19/h3-7H,8H2,1-2H3,(H,18,19)(H,15,17,20)/b7-6+. The Hall–Kier alpha value is -2.70. The summed E-state index contributed by atoms with van der Waals surface area (Å²) >= 11 is 0. The fraction of sp³-hybridized carbons (Fsp3) is 0.231. The van der Waals surface area contributed by atoms with Crippen LogP contribution in [0.5, 0.6) is 0 Å². The van der Waals surface area contributed by atoms with Crippen molar-refractivity contribution in [3.05, 3.63) is 41.7 Å². The molecule has 0 aliphatic carbocycles. The van der Waals surface area contributed by atoms with Gasteiger partial charge in [0.2, 0.25) is 0 Å². The van der Waals surface area contributed by atoms with Crippen LogP contribution in [0.1, 0.15) is 11.4 Å². The maximum atomic E-state index is 11.7. The topological polar surface area (TPSA) is 99.6 Å². The van der Waals surface area contributed by atoms with Gasteiger partial charge in [0.1, 0.15) is 0 Å². The van der Waals surface area contributed by atoms with Gasteiger partial charge in [-0.1, -0.05) is 6.07 Å². The third-order valence-corrected chi connectivity index (χ3v) is 2.30. The number of carbonyl (C=O) groups is 3. The zero-order chi connectivity index (χ0) is 15.1. The lowest BCUT2D eigenvalue weighted by molar-refractivity contribution is -0.131. The van der Waals surface area contributed by atoms with Gasteiger partial charge in [0.15, 0.2) is 0 Å². The first-order chi connectivity index (χ1) is 9.38. The summed E-state index contributed by atoms with van der Waals surface area (Å²) in [6.07, 6.45) is 1.43. The third kappa shape index (κ3) is 5.30. The molecule has 0 aliphatic heterocycles. The second-order valence-electron chi connectivity index (χ2n) is 4.09. The number of carboxylic acid groups (broad SMARTS) is 1. The second-order valence-corrected chi connectivity index (χ2v) is 4.09. The van der Waals surface area contributed by atoms with E-state index in [0.29, 0.717) is 11.8 Å². The van der Waals surface area contributed by atoms with E-state index >= 15 is 0 Å². The molecule has 0 radical (unpaired) electrons. The van der Waals surface area contributed by atoms with Crippen LogP contribution in [-0.4, -0.2) is 39.9 Å². The van der Waals surface area contributed by atoms with Gasteiger partial charge in [0.25, 0.3) is 5.91 Å². The van der Waals surface area contributed by atoms with Gasteiger partial charge in [0, 0.05) is 24.9 Å². The van der Waals surface area contributed by atoms with E-state index in [-0.39, 0.29) is 6.54 Å². The van der Waals surface area contributed by atoms with Crippen LogP contribution < -0.4 is 5.32 Å². The number of nitrogens with zero attached hydrogens (tertiary/aromatic N) is 2. The van der Waals surface area contributed by atoms with Crippen LogP contribution in [0, 0.1) is 6.92 Å². The van der Waals surface area contributed by atoms with Gasteiger partial charge >= 0.3 is 12.0 Å². The number of aliphatic carboxylic acids is 1. The van der Waals surface area contributed by atoms with Crippen molar-refractivity contribution in [1.82, 2.24) is 15.2 Å². The molecule has 106 valence electrons. The van der Waals surface area contributed by atoms with Crippen LogP contribution in [-0.2, 0) is 16.1 Å². The highest BCUT2D eigenvalue weighted by Crippen LogP contribution is 2.01. The van der Waals surface area contributed by atoms with Crippen molar-refractivity contribution in [3.8, 4) is 0 Å². The molecule has 2 N–H and O–H groups in total. The summed E-state index contributed by atoms with van der Waals surface area (Å²) in [7, 11) is 1.51. The molecule has 3 amide bonds. The van der Waals surface area contributed by atoms with E-state index in [1.807, 2.05) is 24.4 Å². The highest BCUT2D eigenvalue weighted by atomic mass is 16.4. The lowest BCUT2D eigenvalue weighted by atomic mass is 10.3. The number of nitrogens with one attached hydrogen (secondary N) is 1. The lowest BCUT2D eigenvalue weighted by Gasteiger charge is -2.16. The molecule has 20 heavy (non-hydrogen) atoms. The number of urea groups is 1. The Balaban J connectivity index is 2.55. The Labute approximate surface area is 115 Å². The zero-order valence-corrected chi connectivity index (χ0v) is 11.2. The number of hydrogen-bond donors (Lipinski definition) is 2. The molecule has 0 atom stereocenters. The molecule has 0 saturated carbocycles. The smallest absolute Gasteiger partial charge is 0.328 e. The largest absolute Gasteiger partial charge is 0.478 e. The molecule has 1 aromatic rings. The summed E-state index contributed by atoms with van der Waals surface area (Å²) in [5.74, 6) is -2.05. The minimum absolute atomic E-state index is 0.240. The highest BCUT2D eigenvalue weighted by molar-refractivity contribution is 6.02. The van der Waals surface area contributed by atoms with Crippen LogP contribution in [0.2, 0.25) is 0 Å². The molecule has 7 nitrogen and oxygen atoms in total. The maximum absolute atomic E-state index is 11.7. The fourth-order valence-corrected chi connectivity index (χ4v) is 1.39. The van der Waals surface area contributed by atoms with Crippen LogP contribution >= 0.6 is 0 Å². The van der Waals surface area contributed by atoms with Crippen LogP contribution in [0.4, 0.5) is 4.79 Å². The van der Waals surface area contributed by atoms with Gasteiger partial charge in [-0.3, -0.25) is 15.1 Å². The minimum atomic E-state index is -1.26. The van der Waals surface area contributed by atoms with E-state index in [0.717, 1.165) is 11.8 Å². The Kier molecular flexibility index (Phi) is 5.40. The number of aromatic nitrogens is 1. The summed E-state index contributed by atoms with van der Waals surface area (Å²) in [4.78, 5) is 38.7. The monoisotopic (exact) mass is 277 g/mol. The van der Waals surface area contributed by atoms with E-state index in [1.165, 1.54) is 11.9 Å². The lowest BCUT2D eigenvalue weighted by Crippen LogP contribution is -2.39. The highest BCUT2D eigenvalue weighted by Gasteiger charge is 2.12. The van der Waals surface area contributed by atoms with Gasteiger partial charge in [-0.05, 0) is 19.1 Å². The van der Waals surface area contributed by atoms with Gasteiger partial charge in [0.05, 0.1) is 12.2 Å². The first-order valence-corrected chi connectivity index (χ1v) is 5.78. The molecule has 1 heterocycles. The van der Waals surface area contributed by atoms with Crippen molar-refractivity contribution in [2.45, 2.75) is 13.5 Å². The predicted octanol–water partition coefficient (Wildman–Crippen LogP) is 0.699. The number of carboxylic acids is 1. The SMILES string of the molecule is Cc1cccc(CN(C)C(=O)NC(=O)/C=C/C(=O)O)n1. The molecule has 0 aromatic carbocycles. The zero-order valence-electron chi connectivity index (χ0n) is 11.2. The molecule has 0 unspecified atom stereocenters. The normalized spacial score (nSPS) is 10.3. The van der Waals surface area contributed by atoms with Crippen LogP contribution in [0.25, 0.3) is 0 Å². The van der Waals surface area contributed by atoms with Gasteiger partial charge in [-0.25, -0.2) is 9.59 Å². The number of carbonyl (C=O) groups excluding carboxylic acids is 2. The average molecular weight is 277 g/mol. The van der Waals surface area contributed by atoms with Gasteiger partial charge in [-0.15, -0.1) is 0 Å². The van der Waals surface area contributed by atoms with Crippen molar-refractivity contribution in [2.24, 2.45) is 0 Å². The van der Waals surface area contributed by atoms with E-state index in [2.05, 4.69) is 4.98 Å². The molecule has 1 rings (SSSR count). The summed E-state index contributed by atoms with van der Waals surface area (Å²) in [5, 5.41) is 10.4. The summed E-state index contributed by atoms with van der Waals surface area (Å²) in [6, 6.07) is 4.80. The molecule has 0 bridgehead atoms. The van der Waals surface area contributed by atoms with E-state index < -0.39 is 17.9 Å². The first-order valence-electron chi connectivity index (χ1n) is 5.78. The molecular formula is C13H15N3O4. The van der Waals surface area contributed by atoms with Crippen LogP contribution in [0.15, 0.2) is 30.4 Å². The number of rotatable bonds is 4. The number of imide groups is 1. The molecule has 0 saturated heterocycles. The molecule has 0 spiro atoms. The quantitative estimate of drug-likeness (QED) is 0.789. The Morgan fingerprint density at radius 1 is 1.35 bits per heavy atom. The molecule has 0 fully saturated rings. The fourth-order valence-electron chi connectivity index (χ4n) is 1.39.